The molecule has 0 amide bonds. The van der Waals surface area contributed by atoms with Crippen LogP contribution in [0, 0.1) is 0 Å². The van der Waals surface area contributed by atoms with Crippen LogP contribution in [-0.2, 0) is 0 Å². The van der Waals surface area contributed by atoms with E-state index in [0.717, 1.165) is 10.4 Å². The zero-order chi connectivity index (χ0) is 11.3. The smallest absolute Gasteiger partial charge is 0.163 e. The lowest BCUT2D eigenvalue weighted by molar-refractivity contribution is 0.0987. The SMILES string of the molecule is C=c1c(C(=O)CC)ccc/c1=C/C=C\Cl. The van der Waals surface area contributed by atoms with Crippen molar-refractivity contribution in [3.63, 3.8) is 0 Å². The molecule has 1 aromatic carbocycles. The quantitative estimate of drug-likeness (QED) is 0.714. The molecule has 1 aromatic rings. The molecule has 1 nitrogen and oxygen atoms in total. The van der Waals surface area contributed by atoms with Gasteiger partial charge in [-0.3, -0.25) is 4.79 Å². The Kier molecular flexibility index (Phi) is 4.32. The second-order valence-corrected chi connectivity index (χ2v) is 3.39. The van der Waals surface area contributed by atoms with Gasteiger partial charge in [-0.1, -0.05) is 55.5 Å². The number of rotatable bonds is 3. The third kappa shape index (κ3) is 2.80. The van der Waals surface area contributed by atoms with E-state index < -0.39 is 0 Å². The van der Waals surface area contributed by atoms with Gasteiger partial charge in [0.25, 0.3) is 0 Å². The van der Waals surface area contributed by atoms with E-state index in [2.05, 4.69) is 6.58 Å². The van der Waals surface area contributed by atoms with Crippen LogP contribution in [0.3, 0.4) is 0 Å². The first-order valence-electron chi connectivity index (χ1n) is 4.79. The minimum atomic E-state index is 0.116. The van der Waals surface area contributed by atoms with Gasteiger partial charge in [0, 0.05) is 17.5 Å². The number of benzene rings is 1. The highest BCUT2D eigenvalue weighted by Gasteiger charge is 2.02. The minimum absolute atomic E-state index is 0.116. The molecule has 0 radical (unpaired) electrons. The third-order valence-electron chi connectivity index (χ3n) is 2.18. The summed E-state index contributed by atoms with van der Waals surface area (Å²) in [5.74, 6) is 0.116. The Labute approximate surface area is 94.4 Å². The lowest BCUT2D eigenvalue weighted by Gasteiger charge is -1.98. The van der Waals surface area contributed by atoms with Gasteiger partial charge in [-0.15, -0.1) is 0 Å². The maximum absolute atomic E-state index is 11.6. The average molecular weight is 221 g/mol. The maximum Gasteiger partial charge on any atom is 0.163 e. The van der Waals surface area contributed by atoms with Gasteiger partial charge >= 0.3 is 0 Å². The molecular weight excluding hydrogens is 208 g/mol. The van der Waals surface area contributed by atoms with E-state index in [4.69, 9.17) is 11.6 Å². The maximum atomic E-state index is 11.6. The van der Waals surface area contributed by atoms with Crippen LogP contribution < -0.4 is 10.4 Å². The van der Waals surface area contributed by atoms with E-state index >= 15 is 0 Å². The van der Waals surface area contributed by atoms with Crippen molar-refractivity contribution in [1.29, 1.82) is 0 Å². The molecule has 0 unspecified atom stereocenters. The molecule has 0 aliphatic heterocycles. The number of carbonyl (C=O) groups excluding carboxylic acids is 1. The number of carbonyl (C=O) groups is 1. The molecule has 0 N–H and O–H groups in total. The molecule has 0 saturated carbocycles. The highest BCUT2D eigenvalue weighted by Crippen LogP contribution is 1.94. The highest BCUT2D eigenvalue weighted by molar-refractivity contribution is 6.25. The van der Waals surface area contributed by atoms with Gasteiger partial charge in [0.2, 0.25) is 0 Å². The van der Waals surface area contributed by atoms with Crippen LogP contribution in [0.4, 0.5) is 0 Å². The molecule has 2 heteroatoms. The van der Waals surface area contributed by atoms with E-state index in [1.807, 2.05) is 25.1 Å². The number of ketones is 1. The second kappa shape index (κ2) is 5.52. The fourth-order valence-corrected chi connectivity index (χ4v) is 1.43. The number of hydrogen-bond donors (Lipinski definition) is 0. The number of hydrogen-bond acceptors (Lipinski definition) is 1. The molecule has 0 spiro atoms. The normalized spacial score (nSPS) is 12.3. The summed E-state index contributed by atoms with van der Waals surface area (Å²) in [5, 5.41) is 1.69. The molecule has 0 aliphatic rings. The van der Waals surface area contributed by atoms with E-state index in [9.17, 15) is 4.79 Å². The Bertz CT molecular complexity index is 486. The van der Waals surface area contributed by atoms with Crippen LogP contribution in [0.1, 0.15) is 23.7 Å². The van der Waals surface area contributed by atoms with Crippen LogP contribution in [0.15, 0.2) is 29.8 Å². The van der Waals surface area contributed by atoms with E-state index in [0.29, 0.717) is 12.0 Å². The Balaban J connectivity index is 3.36. The number of Topliss-reactive ketones (excluding diaryl/α,β-unsaturated/α-hetero) is 1. The Morgan fingerprint density at radius 3 is 2.87 bits per heavy atom. The summed E-state index contributed by atoms with van der Waals surface area (Å²) >= 11 is 5.43. The van der Waals surface area contributed by atoms with Crippen molar-refractivity contribution >= 4 is 30.0 Å². The fraction of sp³-hybridized carbons (Fsp3) is 0.154. The lowest BCUT2D eigenvalue weighted by Crippen LogP contribution is -2.28. The van der Waals surface area contributed by atoms with Crippen LogP contribution in [-0.4, -0.2) is 5.78 Å². The van der Waals surface area contributed by atoms with Crippen molar-refractivity contribution in [2.45, 2.75) is 13.3 Å². The molecule has 0 atom stereocenters. The Morgan fingerprint density at radius 1 is 1.53 bits per heavy atom. The minimum Gasteiger partial charge on any atom is -0.294 e. The van der Waals surface area contributed by atoms with Gasteiger partial charge in [-0.25, -0.2) is 0 Å². The van der Waals surface area contributed by atoms with Gasteiger partial charge in [-0.05, 0) is 10.4 Å². The van der Waals surface area contributed by atoms with Gasteiger partial charge in [-0.2, -0.15) is 0 Å². The monoisotopic (exact) mass is 220 g/mol. The van der Waals surface area contributed by atoms with Crippen molar-refractivity contribution in [3.05, 3.63) is 45.8 Å². The first kappa shape index (κ1) is 11.7. The molecular formula is C13H13ClO. The van der Waals surface area contributed by atoms with Crippen molar-refractivity contribution in [3.8, 4) is 0 Å². The van der Waals surface area contributed by atoms with Gasteiger partial charge in [0.05, 0.1) is 0 Å². The largest absolute Gasteiger partial charge is 0.294 e. The van der Waals surface area contributed by atoms with Crippen LogP contribution in [0.25, 0.3) is 12.7 Å². The van der Waals surface area contributed by atoms with Crippen molar-refractivity contribution in [1.82, 2.24) is 0 Å². The van der Waals surface area contributed by atoms with E-state index in [1.165, 1.54) is 5.54 Å². The molecule has 0 aliphatic carbocycles. The third-order valence-corrected chi connectivity index (χ3v) is 2.33. The summed E-state index contributed by atoms with van der Waals surface area (Å²) in [6.07, 6.45) is 4.05. The fourth-order valence-electron chi connectivity index (χ4n) is 1.35. The molecule has 0 heterocycles. The summed E-state index contributed by atoms with van der Waals surface area (Å²) in [4.78, 5) is 11.6. The zero-order valence-corrected chi connectivity index (χ0v) is 9.42. The Hall–Kier alpha value is -1.34. The van der Waals surface area contributed by atoms with E-state index in [-0.39, 0.29) is 5.78 Å². The summed E-state index contributed by atoms with van der Waals surface area (Å²) in [7, 11) is 0. The van der Waals surface area contributed by atoms with Crippen molar-refractivity contribution in [2.75, 3.05) is 0 Å². The lowest BCUT2D eigenvalue weighted by atomic mass is 10.1. The van der Waals surface area contributed by atoms with Crippen LogP contribution >= 0.6 is 11.6 Å². The topological polar surface area (TPSA) is 17.1 Å². The standard InChI is InChI=1S/C13H13ClO/c1-3-13(15)12-8-4-6-11(10(12)2)7-5-9-14/h4-9H,2-3H2,1H3/b9-5-,11-7-. The molecule has 0 fully saturated rings. The molecule has 0 aromatic heterocycles. The molecule has 1 rings (SSSR count). The summed E-state index contributed by atoms with van der Waals surface area (Å²) in [5.41, 5.74) is 2.11. The molecule has 0 bridgehead atoms. The second-order valence-electron chi connectivity index (χ2n) is 3.14. The Morgan fingerprint density at radius 2 is 2.27 bits per heavy atom. The first-order chi connectivity index (χ1) is 7.20. The summed E-state index contributed by atoms with van der Waals surface area (Å²) in [6, 6.07) is 5.56. The van der Waals surface area contributed by atoms with Gasteiger partial charge < -0.3 is 0 Å². The number of halogens is 1. The van der Waals surface area contributed by atoms with Gasteiger partial charge in [0.1, 0.15) is 0 Å². The predicted molar refractivity (Wildman–Crippen MR) is 65.3 cm³/mol. The van der Waals surface area contributed by atoms with Crippen LogP contribution in [0.5, 0.6) is 0 Å². The molecule has 15 heavy (non-hydrogen) atoms. The van der Waals surface area contributed by atoms with Crippen molar-refractivity contribution in [2.24, 2.45) is 0 Å². The van der Waals surface area contributed by atoms with Crippen molar-refractivity contribution < 1.29 is 4.79 Å². The zero-order valence-electron chi connectivity index (χ0n) is 8.66. The van der Waals surface area contributed by atoms with Crippen LogP contribution in [0.2, 0.25) is 0 Å². The van der Waals surface area contributed by atoms with Gasteiger partial charge in [0.15, 0.2) is 5.78 Å². The summed E-state index contributed by atoms with van der Waals surface area (Å²) < 4.78 is 0. The molecule has 78 valence electrons. The average Bonchev–Trinajstić information content (AvgIpc) is 2.27. The number of allylic oxidation sites excluding steroid dienone is 1. The summed E-state index contributed by atoms with van der Waals surface area (Å²) in [6.45, 7) is 5.76. The first-order valence-corrected chi connectivity index (χ1v) is 5.22. The van der Waals surface area contributed by atoms with E-state index in [1.54, 1.807) is 12.1 Å². The molecule has 0 saturated heterocycles. The highest BCUT2D eigenvalue weighted by atomic mass is 35.5. The predicted octanol–water partition coefficient (Wildman–Crippen LogP) is 2.22.